The fourth-order valence-electron chi connectivity index (χ4n) is 2.82. The summed E-state index contributed by atoms with van der Waals surface area (Å²) < 4.78 is 68.7. The van der Waals surface area contributed by atoms with Gasteiger partial charge < -0.3 is 9.50 Å². The van der Waals surface area contributed by atoms with Gasteiger partial charge in [0.1, 0.15) is 22.3 Å². The minimum absolute atomic E-state index is 0.0442. The lowest BCUT2D eigenvalue weighted by Crippen LogP contribution is -2.14. The molecule has 0 saturated carbocycles. The van der Waals surface area contributed by atoms with Crippen LogP contribution in [0.25, 0.3) is 6.08 Å². The number of nitriles is 1. The molecule has 0 spiro atoms. The maximum atomic E-state index is 12.9. The molecule has 1 amide bonds. The maximum absolute atomic E-state index is 12.9. The SMILES string of the molecule is Cc1ccc(S(=O)(=O)Oc2cccc(/C=C(/C#N)C(=O)Nc3cccc(C(F)(F)F)c3)c2)cc1. The van der Waals surface area contributed by atoms with E-state index in [1.54, 1.807) is 18.2 Å². The van der Waals surface area contributed by atoms with E-state index in [2.05, 4.69) is 5.32 Å². The van der Waals surface area contributed by atoms with Crippen LogP contribution in [0.2, 0.25) is 0 Å². The van der Waals surface area contributed by atoms with Crippen LogP contribution in [0.1, 0.15) is 16.7 Å². The van der Waals surface area contributed by atoms with Crippen LogP contribution in [-0.4, -0.2) is 14.3 Å². The van der Waals surface area contributed by atoms with E-state index in [4.69, 9.17) is 4.18 Å². The fourth-order valence-corrected chi connectivity index (χ4v) is 3.75. The second-order valence-corrected chi connectivity index (χ2v) is 8.67. The van der Waals surface area contributed by atoms with Gasteiger partial charge in [-0.25, -0.2) is 0 Å². The van der Waals surface area contributed by atoms with Crippen molar-refractivity contribution in [2.75, 3.05) is 5.32 Å². The molecule has 6 nitrogen and oxygen atoms in total. The first kappa shape index (κ1) is 24.5. The van der Waals surface area contributed by atoms with Crippen LogP contribution in [0.5, 0.6) is 5.75 Å². The van der Waals surface area contributed by atoms with Crippen LogP contribution in [0.15, 0.2) is 83.3 Å². The second kappa shape index (κ2) is 9.80. The number of nitrogens with one attached hydrogen (secondary N) is 1. The van der Waals surface area contributed by atoms with Gasteiger partial charge in [0.15, 0.2) is 0 Å². The number of nitrogens with zero attached hydrogens (tertiary/aromatic N) is 1. The molecule has 0 radical (unpaired) electrons. The average Bonchev–Trinajstić information content (AvgIpc) is 2.77. The Balaban J connectivity index is 1.80. The Hall–Kier alpha value is -4.10. The summed E-state index contributed by atoms with van der Waals surface area (Å²) in [7, 11) is -4.11. The normalized spacial score (nSPS) is 12.0. The number of hydrogen-bond acceptors (Lipinski definition) is 5. The molecule has 0 aromatic heterocycles. The van der Waals surface area contributed by atoms with E-state index in [1.807, 2.05) is 6.92 Å². The number of aryl methyl sites for hydroxylation is 1. The molecule has 3 aromatic carbocycles. The predicted octanol–water partition coefficient (Wildman–Crippen LogP) is 5.33. The topological polar surface area (TPSA) is 96.3 Å². The molecule has 0 heterocycles. The van der Waals surface area contributed by atoms with Gasteiger partial charge in [-0.1, -0.05) is 35.9 Å². The maximum Gasteiger partial charge on any atom is 0.416 e. The molecule has 3 aromatic rings. The average molecular weight is 486 g/mol. The monoisotopic (exact) mass is 486 g/mol. The number of carbonyl (C=O) groups is 1. The van der Waals surface area contributed by atoms with Crippen LogP contribution in [0.3, 0.4) is 0 Å². The molecule has 0 saturated heterocycles. The molecule has 34 heavy (non-hydrogen) atoms. The summed E-state index contributed by atoms with van der Waals surface area (Å²) in [5.41, 5.74) is -0.350. The van der Waals surface area contributed by atoms with E-state index in [0.717, 1.165) is 29.8 Å². The van der Waals surface area contributed by atoms with Crippen LogP contribution in [0.4, 0.5) is 18.9 Å². The lowest BCUT2D eigenvalue weighted by molar-refractivity contribution is -0.137. The first-order chi connectivity index (χ1) is 16.0. The van der Waals surface area contributed by atoms with Gasteiger partial charge in [-0.15, -0.1) is 0 Å². The van der Waals surface area contributed by atoms with E-state index in [9.17, 15) is 31.6 Å². The summed E-state index contributed by atoms with van der Waals surface area (Å²) >= 11 is 0. The fraction of sp³-hybridized carbons (Fsp3) is 0.0833. The minimum Gasteiger partial charge on any atom is -0.379 e. The zero-order chi connectivity index (χ0) is 24.9. The van der Waals surface area contributed by atoms with Gasteiger partial charge in [-0.05, 0) is 61.0 Å². The van der Waals surface area contributed by atoms with Gasteiger partial charge in [-0.2, -0.15) is 26.9 Å². The Morgan fingerprint density at radius 2 is 1.71 bits per heavy atom. The number of alkyl halides is 3. The summed E-state index contributed by atoms with van der Waals surface area (Å²) in [6.45, 7) is 1.81. The zero-order valence-corrected chi connectivity index (χ0v) is 18.4. The van der Waals surface area contributed by atoms with E-state index >= 15 is 0 Å². The first-order valence-corrected chi connectivity index (χ1v) is 11.1. The highest BCUT2D eigenvalue weighted by molar-refractivity contribution is 7.87. The number of amides is 1. The van der Waals surface area contributed by atoms with Crippen LogP contribution in [0, 0.1) is 18.3 Å². The third kappa shape index (κ3) is 6.24. The largest absolute Gasteiger partial charge is 0.416 e. The summed E-state index contributed by atoms with van der Waals surface area (Å²) in [4.78, 5) is 12.4. The third-order valence-corrected chi connectivity index (χ3v) is 5.76. The molecule has 0 aliphatic rings. The van der Waals surface area contributed by atoms with Crippen molar-refractivity contribution in [1.82, 2.24) is 0 Å². The molecule has 3 rings (SSSR count). The molecule has 0 unspecified atom stereocenters. The summed E-state index contributed by atoms with van der Waals surface area (Å²) in [6.07, 6.45) is -3.43. The van der Waals surface area contributed by atoms with Crippen LogP contribution < -0.4 is 9.50 Å². The van der Waals surface area contributed by atoms with Gasteiger partial charge in [-0.3, -0.25) is 4.79 Å². The van der Waals surface area contributed by atoms with Crippen molar-refractivity contribution in [2.45, 2.75) is 18.0 Å². The van der Waals surface area contributed by atoms with Crippen LogP contribution in [-0.2, 0) is 21.1 Å². The van der Waals surface area contributed by atoms with Gasteiger partial charge >= 0.3 is 16.3 Å². The van der Waals surface area contributed by atoms with Crippen molar-refractivity contribution in [3.05, 3.63) is 95.1 Å². The van der Waals surface area contributed by atoms with E-state index in [-0.39, 0.29) is 21.9 Å². The molecule has 0 atom stereocenters. The molecule has 0 aliphatic carbocycles. The zero-order valence-electron chi connectivity index (χ0n) is 17.6. The number of anilines is 1. The number of benzene rings is 3. The summed E-state index contributed by atoms with van der Waals surface area (Å²) in [6, 6.07) is 17.4. The van der Waals surface area contributed by atoms with Gasteiger partial charge in [0.2, 0.25) is 0 Å². The van der Waals surface area contributed by atoms with Crippen molar-refractivity contribution in [3.8, 4) is 11.8 Å². The Morgan fingerprint density at radius 1 is 1.03 bits per heavy atom. The highest BCUT2D eigenvalue weighted by Gasteiger charge is 2.30. The van der Waals surface area contributed by atoms with Crippen molar-refractivity contribution in [3.63, 3.8) is 0 Å². The molecule has 10 heteroatoms. The standard InChI is InChI=1S/C24H17F3N2O4S/c1-16-8-10-22(11-9-16)34(31,32)33-21-7-2-4-17(13-21)12-18(15-28)23(30)29-20-6-3-5-19(14-20)24(25,26)27/h2-14H,1H3,(H,29,30)/b18-12-. The predicted molar refractivity (Wildman–Crippen MR) is 119 cm³/mol. The lowest BCUT2D eigenvalue weighted by atomic mass is 10.1. The highest BCUT2D eigenvalue weighted by Crippen LogP contribution is 2.30. The van der Waals surface area contributed by atoms with Gasteiger partial charge in [0, 0.05) is 5.69 Å². The molecule has 174 valence electrons. The molecular weight excluding hydrogens is 469 g/mol. The smallest absolute Gasteiger partial charge is 0.379 e. The molecule has 0 aliphatic heterocycles. The van der Waals surface area contributed by atoms with Gasteiger partial charge in [0.05, 0.1) is 5.56 Å². The van der Waals surface area contributed by atoms with E-state index in [1.165, 1.54) is 42.5 Å². The Labute approximate surface area is 194 Å². The van der Waals surface area contributed by atoms with Crippen molar-refractivity contribution in [2.24, 2.45) is 0 Å². The van der Waals surface area contributed by atoms with E-state index in [0.29, 0.717) is 0 Å². The van der Waals surface area contributed by atoms with Crippen molar-refractivity contribution in [1.29, 1.82) is 5.26 Å². The number of carbonyl (C=O) groups excluding carboxylic acids is 1. The van der Waals surface area contributed by atoms with Crippen molar-refractivity contribution < 1.29 is 30.6 Å². The van der Waals surface area contributed by atoms with E-state index < -0.39 is 33.3 Å². The summed E-state index contributed by atoms with van der Waals surface area (Å²) in [5, 5.41) is 11.6. The Kier molecular flexibility index (Phi) is 7.08. The molecular formula is C24H17F3N2O4S. The van der Waals surface area contributed by atoms with Gasteiger partial charge in [0.25, 0.3) is 5.91 Å². The lowest BCUT2D eigenvalue weighted by Gasteiger charge is -2.10. The number of halogens is 3. The number of rotatable bonds is 6. The van der Waals surface area contributed by atoms with Crippen molar-refractivity contribution >= 4 is 27.8 Å². The second-order valence-electron chi connectivity index (χ2n) is 7.13. The third-order valence-electron chi connectivity index (χ3n) is 4.50. The Bertz CT molecular complexity index is 1390. The summed E-state index contributed by atoms with van der Waals surface area (Å²) in [5.74, 6) is -0.981. The number of hydrogen-bond donors (Lipinski definition) is 1. The first-order valence-electron chi connectivity index (χ1n) is 9.69. The molecule has 1 N–H and O–H groups in total. The quantitative estimate of drug-likeness (QED) is 0.289. The minimum atomic E-state index is -4.59. The molecule has 0 fully saturated rings. The Morgan fingerprint density at radius 3 is 2.35 bits per heavy atom. The van der Waals surface area contributed by atoms with Crippen LogP contribution >= 0.6 is 0 Å². The highest BCUT2D eigenvalue weighted by atomic mass is 32.2. The molecule has 0 bridgehead atoms.